The zero-order valence-electron chi connectivity index (χ0n) is 19.7. The number of methoxy groups -OCH3 is 1. The van der Waals surface area contributed by atoms with Crippen LogP contribution < -0.4 is 15.0 Å². The average molecular weight is 566 g/mol. The van der Waals surface area contributed by atoms with Crippen LogP contribution in [0.4, 0.5) is 0 Å². The molecule has 4 rings (SSSR count). The van der Waals surface area contributed by atoms with Crippen molar-refractivity contribution >= 4 is 44.6 Å². The van der Waals surface area contributed by atoms with Gasteiger partial charge in [-0.15, -0.1) is 0 Å². The van der Waals surface area contributed by atoms with E-state index in [0.29, 0.717) is 50.8 Å². The molecule has 36 heavy (non-hydrogen) atoms. The van der Waals surface area contributed by atoms with Crippen LogP contribution in [0.1, 0.15) is 35.9 Å². The molecule has 0 radical (unpaired) electrons. The number of nitriles is 1. The highest BCUT2D eigenvalue weighted by atomic mass is 79.9. The van der Waals surface area contributed by atoms with Gasteiger partial charge in [-0.1, -0.05) is 52.7 Å². The predicted molar refractivity (Wildman–Crippen MR) is 144 cm³/mol. The van der Waals surface area contributed by atoms with Crippen LogP contribution in [0.25, 0.3) is 10.9 Å². The van der Waals surface area contributed by atoms with Crippen LogP contribution in [0.5, 0.6) is 11.5 Å². The number of rotatable bonds is 8. The van der Waals surface area contributed by atoms with Crippen molar-refractivity contribution in [2.45, 2.75) is 26.4 Å². The summed E-state index contributed by atoms with van der Waals surface area (Å²) >= 11 is 9.75. The van der Waals surface area contributed by atoms with Crippen molar-refractivity contribution in [2.24, 2.45) is 5.10 Å². The lowest BCUT2D eigenvalue weighted by Gasteiger charge is -2.15. The maximum absolute atomic E-state index is 13.3. The van der Waals surface area contributed by atoms with Gasteiger partial charge in [0.1, 0.15) is 12.4 Å². The number of ether oxygens (including phenoxy) is 2. The van der Waals surface area contributed by atoms with Crippen molar-refractivity contribution in [3.05, 3.63) is 97.0 Å². The van der Waals surface area contributed by atoms with Crippen molar-refractivity contribution in [2.75, 3.05) is 7.11 Å². The number of aryl methyl sites for hydroxylation is 1. The van der Waals surface area contributed by atoms with E-state index in [0.717, 1.165) is 16.5 Å². The summed E-state index contributed by atoms with van der Waals surface area (Å²) in [6.07, 6.45) is 2.87. The van der Waals surface area contributed by atoms with Crippen LogP contribution in [0.3, 0.4) is 0 Å². The number of fused-ring (bicyclic) bond motifs is 1. The van der Waals surface area contributed by atoms with Crippen molar-refractivity contribution in [3.63, 3.8) is 0 Å². The molecular weight excluding hydrogens is 544 g/mol. The molecule has 182 valence electrons. The summed E-state index contributed by atoms with van der Waals surface area (Å²) in [6.45, 7) is 2.15. The molecule has 0 bridgehead atoms. The monoisotopic (exact) mass is 564 g/mol. The second-order valence-electron chi connectivity index (χ2n) is 7.89. The highest BCUT2D eigenvalue weighted by Gasteiger charge is 2.15. The third-order valence-corrected chi connectivity index (χ3v) is 6.15. The quantitative estimate of drug-likeness (QED) is 0.241. The van der Waals surface area contributed by atoms with E-state index in [9.17, 15) is 10.1 Å². The fraction of sp³-hybridized carbons (Fsp3) is 0.185. The van der Waals surface area contributed by atoms with E-state index in [1.54, 1.807) is 36.4 Å². The number of benzene rings is 3. The predicted octanol–water partition coefficient (Wildman–Crippen LogP) is 6.11. The number of hydrogen-bond donors (Lipinski definition) is 0. The zero-order chi connectivity index (χ0) is 25.7. The summed E-state index contributed by atoms with van der Waals surface area (Å²) in [5, 5.41) is 14.8. The molecule has 0 spiro atoms. The van der Waals surface area contributed by atoms with E-state index in [2.05, 4.69) is 32.1 Å². The van der Waals surface area contributed by atoms with E-state index >= 15 is 0 Å². The Morgan fingerprint density at radius 2 is 2.03 bits per heavy atom. The Balaban J connectivity index is 1.79. The molecule has 0 atom stereocenters. The van der Waals surface area contributed by atoms with Crippen LogP contribution in [0, 0.1) is 11.3 Å². The van der Waals surface area contributed by atoms with E-state index < -0.39 is 0 Å². The van der Waals surface area contributed by atoms with Crippen molar-refractivity contribution in [3.8, 4) is 17.6 Å². The standard InChI is InChI=1S/C27H22BrClN4O3/c1-3-6-25-32-23-10-9-20(28)12-22(23)27(34)33(25)31-15-19-11-21(29)13-24(35-2)26(19)36-16-18-8-5-4-7-17(18)14-30/h4-5,7-13,15H,3,6,16H2,1-2H3. The first-order chi connectivity index (χ1) is 17.4. The minimum atomic E-state index is -0.277. The molecule has 0 N–H and O–H groups in total. The molecule has 0 aliphatic carbocycles. The topological polar surface area (TPSA) is 89.5 Å². The van der Waals surface area contributed by atoms with E-state index in [1.165, 1.54) is 18.0 Å². The van der Waals surface area contributed by atoms with Crippen LogP contribution in [-0.4, -0.2) is 23.0 Å². The molecular formula is C27H22BrClN4O3. The van der Waals surface area contributed by atoms with E-state index in [4.69, 9.17) is 21.1 Å². The SMILES string of the molecule is CCCc1nc2ccc(Br)cc2c(=O)n1N=Cc1cc(Cl)cc(OC)c1OCc1ccccc1C#N. The molecule has 0 saturated carbocycles. The minimum Gasteiger partial charge on any atom is -0.493 e. The maximum atomic E-state index is 13.3. The average Bonchev–Trinajstić information content (AvgIpc) is 2.88. The molecule has 3 aromatic carbocycles. The summed E-state index contributed by atoms with van der Waals surface area (Å²) in [6, 6.07) is 18.1. The normalized spacial score (nSPS) is 11.1. The molecule has 0 unspecified atom stereocenters. The molecule has 4 aromatic rings. The molecule has 0 saturated heterocycles. The van der Waals surface area contributed by atoms with Gasteiger partial charge in [0.05, 0.1) is 35.9 Å². The summed E-state index contributed by atoms with van der Waals surface area (Å²) in [5.74, 6) is 1.34. The third kappa shape index (κ3) is 5.43. The molecule has 7 nitrogen and oxygen atoms in total. The second kappa shape index (κ2) is 11.4. The van der Waals surface area contributed by atoms with Crippen LogP contribution in [-0.2, 0) is 13.0 Å². The Bertz CT molecular complexity index is 1560. The Morgan fingerprint density at radius 3 is 2.78 bits per heavy atom. The lowest BCUT2D eigenvalue weighted by atomic mass is 10.1. The lowest BCUT2D eigenvalue weighted by Crippen LogP contribution is -2.22. The van der Waals surface area contributed by atoms with Gasteiger partial charge in [-0.05, 0) is 36.8 Å². The van der Waals surface area contributed by atoms with Crippen LogP contribution in [0.15, 0.2) is 69.0 Å². The van der Waals surface area contributed by atoms with Gasteiger partial charge >= 0.3 is 0 Å². The van der Waals surface area contributed by atoms with Gasteiger partial charge in [0.2, 0.25) is 0 Å². The van der Waals surface area contributed by atoms with Crippen molar-refractivity contribution in [1.82, 2.24) is 9.66 Å². The summed E-state index contributed by atoms with van der Waals surface area (Å²) in [4.78, 5) is 18.0. The smallest absolute Gasteiger partial charge is 0.282 e. The summed E-state index contributed by atoms with van der Waals surface area (Å²) < 4.78 is 13.7. The molecule has 0 fully saturated rings. The number of halogens is 2. The Labute approximate surface area is 221 Å². The minimum absolute atomic E-state index is 0.134. The first-order valence-corrected chi connectivity index (χ1v) is 12.4. The molecule has 0 aliphatic heterocycles. The highest BCUT2D eigenvalue weighted by molar-refractivity contribution is 9.10. The summed E-state index contributed by atoms with van der Waals surface area (Å²) in [7, 11) is 1.51. The molecule has 0 amide bonds. The third-order valence-electron chi connectivity index (χ3n) is 5.44. The molecule has 1 aromatic heterocycles. The largest absolute Gasteiger partial charge is 0.493 e. The van der Waals surface area contributed by atoms with Gasteiger partial charge < -0.3 is 9.47 Å². The Hall–Kier alpha value is -3.67. The first-order valence-electron chi connectivity index (χ1n) is 11.2. The lowest BCUT2D eigenvalue weighted by molar-refractivity contribution is 0.284. The fourth-order valence-corrected chi connectivity index (χ4v) is 4.29. The fourth-order valence-electron chi connectivity index (χ4n) is 3.72. The van der Waals surface area contributed by atoms with Gasteiger partial charge in [-0.25, -0.2) is 4.98 Å². The van der Waals surface area contributed by atoms with Gasteiger partial charge in [0.15, 0.2) is 11.5 Å². The molecule has 0 aliphatic rings. The van der Waals surface area contributed by atoms with Gasteiger partial charge in [-0.3, -0.25) is 4.79 Å². The highest BCUT2D eigenvalue weighted by Crippen LogP contribution is 2.34. The number of aromatic nitrogens is 2. The van der Waals surface area contributed by atoms with Crippen molar-refractivity contribution < 1.29 is 9.47 Å². The van der Waals surface area contributed by atoms with Gasteiger partial charge in [-0.2, -0.15) is 15.0 Å². The number of hydrogen-bond acceptors (Lipinski definition) is 6. The van der Waals surface area contributed by atoms with Crippen molar-refractivity contribution in [1.29, 1.82) is 5.26 Å². The summed E-state index contributed by atoms with van der Waals surface area (Å²) in [5.41, 5.74) is 2.09. The number of nitrogens with zero attached hydrogens (tertiary/aromatic N) is 4. The van der Waals surface area contributed by atoms with Crippen LogP contribution in [0.2, 0.25) is 5.02 Å². The Kier molecular flexibility index (Phi) is 8.04. The van der Waals surface area contributed by atoms with E-state index in [-0.39, 0.29) is 12.2 Å². The zero-order valence-corrected chi connectivity index (χ0v) is 22.0. The van der Waals surface area contributed by atoms with Gasteiger partial charge in [0.25, 0.3) is 5.56 Å². The Morgan fingerprint density at radius 1 is 1.22 bits per heavy atom. The van der Waals surface area contributed by atoms with E-state index in [1.807, 2.05) is 25.1 Å². The maximum Gasteiger partial charge on any atom is 0.282 e. The first kappa shape index (κ1) is 25.4. The molecule has 1 heterocycles. The molecule has 9 heteroatoms. The second-order valence-corrected chi connectivity index (χ2v) is 9.24. The van der Waals surface area contributed by atoms with Crippen LogP contribution >= 0.6 is 27.5 Å². The van der Waals surface area contributed by atoms with Gasteiger partial charge in [0, 0.05) is 33.1 Å².